The zero-order valence-corrected chi connectivity index (χ0v) is 18.8. The summed E-state index contributed by atoms with van der Waals surface area (Å²) in [6, 6.07) is 2.33. The largest absolute Gasteiger partial charge is 0.481 e. The van der Waals surface area contributed by atoms with E-state index >= 15 is 0 Å². The van der Waals surface area contributed by atoms with Crippen molar-refractivity contribution in [2.45, 2.75) is 37.9 Å². The Bertz CT molecular complexity index is 1430. The lowest BCUT2D eigenvalue weighted by atomic mass is 9.75. The first-order valence-electron chi connectivity index (χ1n) is 11.1. The van der Waals surface area contributed by atoms with Gasteiger partial charge in [-0.25, -0.2) is 4.79 Å². The molecule has 1 aromatic carbocycles. The Hall–Kier alpha value is -4.06. The van der Waals surface area contributed by atoms with Crippen LogP contribution >= 0.6 is 0 Å². The summed E-state index contributed by atoms with van der Waals surface area (Å²) in [4.78, 5) is 77.4. The van der Waals surface area contributed by atoms with Crippen LogP contribution in [0.3, 0.4) is 0 Å². The summed E-state index contributed by atoms with van der Waals surface area (Å²) in [6.07, 6.45) is 0.894. The minimum atomic E-state index is -1.85. The number of carbonyl (C=O) groups is 5. The van der Waals surface area contributed by atoms with Gasteiger partial charge in [-0.3, -0.25) is 34.2 Å². The monoisotopic (exact) mass is 482 g/mol. The molecule has 0 saturated carbocycles. The van der Waals surface area contributed by atoms with E-state index in [9.17, 15) is 39.0 Å². The molecular weight excluding hydrogens is 460 g/mol. The highest BCUT2D eigenvalue weighted by atomic mass is 16.4. The molecule has 2 saturated heterocycles. The van der Waals surface area contributed by atoms with E-state index in [4.69, 9.17) is 0 Å². The number of carbonyl (C=O) groups excluding carboxylic acids is 3. The lowest BCUT2D eigenvalue weighted by Crippen LogP contribution is -2.53. The molecule has 5 rings (SSSR count). The Balaban J connectivity index is 1.84. The third-order valence-corrected chi connectivity index (χ3v) is 7.37. The topological polar surface area (TPSA) is 175 Å². The van der Waals surface area contributed by atoms with Crippen LogP contribution in [-0.4, -0.2) is 62.4 Å². The number of likely N-dealkylation sites (tertiary alicyclic amines) is 1. The first kappa shape index (κ1) is 22.7. The number of imide groups is 1. The molecule has 0 aliphatic carbocycles. The summed E-state index contributed by atoms with van der Waals surface area (Å²) in [5.41, 5.74) is -2.45. The maximum absolute atomic E-state index is 13.6. The number of nitrogens with zero attached hydrogens (tertiary/aromatic N) is 2. The van der Waals surface area contributed by atoms with Crippen LogP contribution in [0.15, 0.2) is 23.1 Å². The van der Waals surface area contributed by atoms with Crippen molar-refractivity contribution in [1.82, 2.24) is 14.8 Å². The van der Waals surface area contributed by atoms with E-state index in [0.29, 0.717) is 12.1 Å². The van der Waals surface area contributed by atoms with Gasteiger partial charge in [0.25, 0.3) is 0 Å². The number of anilines is 1. The predicted octanol–water partition coefficient (Wildman–Crippen LogP) is -0.0654. The van der Waals surface area contributed by atoms with E-state index in [1.807, 2.05) is 0 Å². The Kier molecular flexibility index (Phi) is 4.85. The van der Waals surface area contributed by atoms with Crippen LogP contribution in [-0.2, 0) is 31.3 Å². The summed E-state index contributed by atoms with van der Waals surface area (Å²) in [6.45, 7) is 2.09. The van der Waals surface area contributed by atoms with Gasteiger partial charge in [-0.15, -0.1) is 0 Å². The third kappa shape index (κ3) is 2.83. The van der Waals surface area contributed by atoms with E-state index in [1.165, 1.54) is 13.2 Å². The first-order valence-corrected chi connectivity index (χ1v) is 11.1. The lowest BCUT2D eigenvalue weighted by Gasteiger charge is -2.29. The van der Waals surface area contributed by atoms with Crippen molar-refractivity contribution in [3.05, 3.63) is 39.7 Å². The number of rotatable bonds is 5. The van der Waals surface area contributed by atoms with Crippen molar-refractivity contribution >= 4 is 46.3 Å². The minimum absolute atomic E-state index is 0.0297. The highest BCUT2D eigenvalue weighted by Gasteiger charge is 2.70. The minimum Gasteiger partial charge on any atom is -0.481 e. The summed E-state index contributed by atoms with van der Waals surface area (Å²) < 4.78 is 1.57. The second-order valence-electron chi connectivity index (χ2n) is 9.03. The standard InChI is InChI=1S/C23H22N4O8/c1-3-27-8-9(21(33)34)18(30)15-12(27)6-4-11-16(15)23(22(35)24-11)17-14(19(31)26(2)20(17)32)10(25-23)5-7-13(28)29/h4,6,8,10,14,17,25H,3,5,7H2,1-2H3,(H,24,35)(H,28,29)(H,33,34). The average Bonchev–Trinajstić information content (AvgIpc) is 3.38. The smallest absolute Gasteiger partial charge is 0.341 e. The Labute approximate surface area is 197 Å². The fourth-order valence-electron chi connectivity index (χ4n) is 5.87. The van der Waals surface area contributed by atoms with Crippen molar-refractivity contribution in [3.63, 3.8) is 0 Å². The number of amides is 3. The number of carboxylic acids is 2. The number of nitrogens with one attached hydrogen (secondary N) is 2. The first-order chi connectivity index (χ1) is 16.5. The van der Waals surface area contributed by atoms with Gasteiger partial charge in [0.15, 0.2) is 0 Å². The Morgan fingerprint density at radius 1 is 1.11 bits per heavy atom. The maximum atomic E-state index is 13.6. The summed E-state index contributed by atoms with van der Waals surface area (Å²) >= 11 is 0. The van der Waals surface area contributed by atoms with Gasteiger partial charge in [0.2, 0.25) is 23.2 Å². The molecule has 3 aliphatic rings. The number of hydrogen-bond acceptors (Lipinski definition) is 7. The molecule has 4 N–H and O–H groups in total. The van der Waals surface area contributed by atoms with E-state index in [1.54, 1.807) is 23.6 Å². The Morgan fingerprint density at radius 2 is 1.83 bits per heavy atom. The fraction of sp³-hybridized carbons (Fsp3) is 0.391. The van der Waals surface area contributed by atoms with Crippen molar-refractivity contribution < 1.29 is 34.2 Å². The van der Waals surface area contributed by atoms with E-state index in [0.717, 1.165) is 4.90 Å². The lowest BCUT2D eigenvalue weighted by molar-refractivity contribution is -0.142. The number of aromatic nitrogens is 1. The SMILES string of the molecule is CCn1cc(C(=O)O)c(=O)c2c3c(ccc21)NC(=O)C31NC(CCC(=O)O)C2C(=O)N(C)C(=O)C21. The number of hydrogen-bond donors (Lipinski definition) is 4. The third-order valence-electron chi connectivity index (χ3n) is 7.37. The van der Waals surface area contributed by atoms with Gasteiger partial charge < -0.3 is 20.1 Å². The van der Waals surface area contributed by atoms with Gasteiger partial charge in [-0.05, 0) is 25.5 Å². The van der Waals surface area contributed by atoms with Crippen LogP contribution < -0.4 is 16.1 Å². The van der Waals surface area contributed by atoms with Crippen molar-refractivity contribution in [2.24, 2.45) is 11.8 Å². The molecule has 4 atom stereocenters. The van der Waals surface area contributed by atoms with Crippen LogP contribution in [0.4, 0.5) is 5.69 Å². The molecule has 4 heterocycles. The van der Waals surface area contributed by atoms with Crippen molar-refractivity contribution in [3.8, 4) is 0 Å². The number of pyridine rings is 1. The number of fused-ring (bicyclic) bond motifs is 6. The average molecular weight is 482 g/mol. The fourth-order valence-corrected chi connectivity index (χ4v) is 5.87. The van der Waals surface area contributed by atoms with Gasteiger partial charge in [0.05, 0.1) is 22.7 Å². The molecule has 182 valence electrons. The van der Waals surface area contributed by atoms with Gasteiger partial charge in [0.1, 0.15) is 11.1 Å². The highest BCUT2D eigenvalue weighted by molar-refractivity contribution is 6.17. The van der Waals surface area contributed by atoms with Crippen LogP contribution in [0, 0.1) is 11.8 Å². The molecule has 12 nitrogen and oxygen atoms in total. The quantitative estimate of drug-likeness (QED) is 0.425. The van der Waals surface area contributed by atoms with Gasteiger partial charge in [0, 0.05) is 43.5 Å². The van der Waals surface area contributed by atoms with Crippen LogP contribution in [0.2, 0.25) is 0 Å². The molecule has 35 heavy (non-hydrogen) atoms. The molecular formula is C23H22N4O8. The molecule has 0 bridgehead atoms. The number of carboxylic acid groups (broad SMARTS) is 2. The second kappa shape index (κ2) is 7.47. The van der Waals surface area contributed by atoms with Crippen LogP contribution in [0.25, 0.3) is 10.9 Å². The van der Waals surface area contributed by atoms with Crippen molar-refractivity contribution in [2.75, 3.05) is 12.4 Å². The number of aryl methyl sites for hydroxylation is 1. The van der Waals surface area contributed by atoms with Crippen LogP contribution in [0.1, 0.15) is 35.7 Å². The van der Waals surface area contributed by atoms with Crippen LogP contribution in [0.5, 0.6) is 0 Å². The zero-order chi connectivity index (χ0) is 25.4. The summed E-state index contributed by atoms with van der Waals surface area (Å²) in [5, 5.41) is 24.6. The predicted molar refractivity (Wildman–Crippen MR) is 120 cm³/mol. The molecule has 3 amide bonds. The zero-order valence-electron chi connectivity index (χ0n) is 18.8. The van der Waals surface area contributed by atoms with Crippen molar-refractivity contribution in [1.29, 1.82) is 0 Å². The molecule has 4 unspecified atom stereocenters. The normalized spacial score (nSPS) is 27.0. The number of aromatic carboxylic acids is 1. The molecule has 2 fully saturated rings. The second-order valence-corrected chi connectivity index (χ2v) is 9.03. The van der Waals surface area contributed by atoms with E-state index < -0.39 is 64.1 Å². The van der Waals surface area contributed by atoms with E-state index in [2.05, 4.69) is 10.6 Å². The van der Waals surface area contributed by atoms with E-state index in [-0.39, 0.29) is 29.5 Å². The summed E-state index contributed by atoms with van der Waals surface area (Å²) in [7, 11) is 1.30. The molecule has 12 heteroatoms. The van der Waals surface area contributed by atoms with Gasteiger partial charge in [-0.1, -0.05) is 0 Å². The van der Waals surface area contributed by atoms with Gasteiger partial charge >= 0.3 is 11.9 Å². The molecule has 0 radical (unpaired) electrons. The summed E-state index contributed by atoms with van der Waals surface area (Å²) in [5.74, 6) is -6.62. The number of benzene rings is 1. The molecule has 1 spiro atoms. The Morgan fingerprint density at radius 3 is 2.46 bits per heavy atom. The molecule has 2 aromatic rings. The number of aliphatic carboxylic acids is 1. The molecule has 3 aliphatic heterocycles. The maximum Gasteiger partial charge on any atom is 0.341 e. The van der Waals surface area contributed by atoms with Gasteiger partial charge in [-0.2, -0.15) is 0 Å². The highest BCUT2D eigenvalue weighted by Crippen LogP contribution is 2.54. The molecule has 1 aromatic heterocycles.